The Hall–Kier alpha value is -0.470. The monoisotopic (exact) mass is 265 g/mol. The van der Waals surface area contributed by atoms with E-state index in [1.807, 2.05) is 0 Å². The van der Waals surface area contributed by atoms with E-state index in [1.54, 1.807) is 13.0 Å². The molecule has 1 aromatic carbocycles. The van der Waals surface area contributed by atoms with E-state index in [0.29, 0.717) is 0 Å². The van der Waals surface area contributed by atoms with Crippen LogP contribution in [0.3, 0.4) is 0 Å². The molecule has 15 heavy (non-hydrogen) atoms. The Morgan fingerprint density at radius 3 is 2.40 bits per heavy atom. The predicted octanol–water partition coefficient (Wildman–Crippen LogP) is 3.91. The van der Waals surface area contributed by atoms with Gasteiger partial charge in [-0.05, 0) is 23.6 Å². The lowest BCUT2D eigenvalue weighted by Crippen LogP contribution is -1.97. The van der Waals surface area contributed by atoms with Crippen molar-refractivity contribution in [2.75, 3.05) is 6.61 Å². The molecular weight excluding hydrogens is 258 g/mol. The fourth-order valence-electron chi connectivity index (χ4n) is 0.969. The van der Waals surface area contributed by atoms with E-state index in [1.165, 1.54) is 12.1 Å². The minimum absolute atomic E-state index is 0.0513. The molecule has 1 aromatic rings. The molecule has 0 amide bonds. The van der Waals surface area contributed by atoms with Crippen LogP contribution in [0.4, 0.5) is 0 Å². The van der Waals surface area contributed by atoms with Gasteiger partial charge in [0.05, 0.1) is 10.0 Å². The van der Waals surface area contributed by atoms with Crippen molar-refractivity contribution in [2.45, 2.75) is 6.92 Å². The molecule has 0 N–H and O–H groups in total. The lowest BCUT2D eigenvalue weighted by atomic mass is 10.2. The van der Waals surface area contributed by atoms with Gasteiger partial charge in [0.1, 0.15) is 12.2 Å². The molecule has 0 spiro atoms. The molecule has 0 aromatic heterocycles. The summed E-state index contributed by atoms with van der Waals surface area (Å²) in [4.78, 5) is 11.6. The van der Waals surface area contributed by atoms with Gasteiger partial charge in [-0.15, -0.1) is 4.52 Å². The highest BCUT2D eigenvalue weighted by Gasteiger charge is 2.35. The molecule has 0 fully saturated rings. The van der Waals surface area contributed by atoms with Gasteiger partial charge in [0.2, 0.25) is 0 Å². The van der Waals surface area contributed by atoms with Crippen LogP contribution in [0.1, 0.15) is 17.3 Å². The average molecular weight is 266 g/mol. The smallest absolute Gasteiger partial charge is 0.231 e. The van der Waals surface area contributed by atoms with Gasteiger partial charge in [-0.25, -0.2) is 4.79 Å². The maximum absolute atomic E-state index is 11.6. The first-order valence-electron chi connectivity index (χ1n) is 4.16. The largest absolute Gasteiger partial charge is 0.593 e. The average Bonchev–Trinajstić information content (AvgIpc) is 2.17. The Morgan fingerprint density at radius 1 is 1.40 bits per heavy atom. The zero-order valence-corrected chi connectivity index (χ0v) is 10.3. The predicted molar refractivity (Wildman–Crippen MR) is 60.0 cm³/mol. The Balaban J connectivity index is 3.06. The highest BCUT2D eigenvalue weighted by molar-refractivity contribution is 7.60. The third-order valence-electron chi connectivity index (χ3n) is 1.59. The fraction of sp³-hybridized carbons (Fsp3) is 0.222. The molecule has 0 saturated carbocycles. The first-order valence-corrected chi connectivity index (χ1v) is 6.09. The number of hydrogen-bond donors (Lipinski definition) is 0. The van der Waals surface area contributed by atoms with E-state index in [0.717, 1.165) is 0 Å². The number of carbonyl (C=O) groups excluding carboxylic acids is 1. The lowest BCUT2D eigenvalue weighted by Gasteiger charge is -1.97. The van der Waals surface area contributed by atoms with Crippen LogP contribution in [-0.4, -0.2) is 12.1 Å². The summed E-state index contributed by atoms with van der Waals surface area (Å²) in [7, 11) is -2.41. The number of rotatable bonds is 4. The lowest BCUT2D eigenvalue weighted by molar-refractivity contribution is 0.106. The zero-order valence-electron chi connectivity index (χ0n) is 7.87. The van der Waals surface area contributed by atoms with Gasteiger partial charge in [0.25, 0.3) is 0 Å². The minimum atomic E-state index is -2.41. The van der Waals surface area contributed by atoms with Crippen LogP contribution in [0.5, 0.6) is 0 Å². The highest BCUT2D eigenvalue weighted by Crippen LogP contribution is 2.35. The number of hydrogen-bond acceptors (Lipinski definition) is 3. The topological polar surface area (TPSA) is 43.4 Å². The maximum Gasteiger partial charge on any atom is 0.593 e. The van der Waals surface area contributed by atoms with Crippen LogP contribution in [0.2, 0.25) is 10.0 Å². The van der Waals surface area contributed by atoms with Crippen LogP contribution >= 0.6 is 31.2 Å². The van der Waals surface area contributed by atoms with E-state index in [-0.39, 0.29) is 22.2 Å². The third kappa shape index (κ3) is 2.99. The number of halogens is 2. The molecule has 0 heterocycles. The van der Waals surface area contributed by atoms with Gasteiger partial charge in [-0.3, -0.25) is 0 Å². The second-order valence-corrected chi connectivity index (χ2v) is 4.57. The number of benzene rings is 1. The summed E-state index contributed by atoms with van der Waals surface area (Å²) < 4.78 is 16.0. The van der Waals surface area contributed by atoms with Crippen LogP contribution < -0.4 is 0 Å². The molecule has 3 nitrogen and oxygen atoms in total. The van der Waals surface area contributed by atoms with Gasteiger partial charge >= 0.3 is 13.6 Å². The van der Waals surface area contributed by atoms with Crippen molar-refractivity contribution in [1.82, 2.24) is 0 Å². The van der Waals surface area contributed by atoms with Crippen molar-refractivity contribution in [3.05, 3.63) is 33.8 Å². The van der Waals surface area contributed by atoms with Crippen molar-refractivity contribution in [2.24, 2.45) is 0 Å². The molecule has 1 atom stereocenters. The van der Waals surface area contributed by atoms with Crippen molar-refractivity contribution in [1.29, 1.82) is 0 Å². The number of carbonyl (C=O) groups is 1. The SMILES string of the molecule is CCO[P+](=O)C(=O)c1c(Cl)cccc1Cl. The molecule has 1 rings (SSSR count). The van der Waals surface area contributed by atoms with Crippen molar-refractivity contribution < 1.29 is 13.9 Å². The molecule has 0 aliphatic rings. The molecule has 80 valence electrons. The molecule has 6 heteroatoms. The molecule has 0 saturated heterocycles. The van der Waals surface area contributed by atoms with Gasteiger partial charge in [-0.2, -0.15) is 0 Å². The zero-order chi connectivity index (χ0) is 11.4. The Morgan fingerprint density at radius 2 is 1.93 bits per heavy atom. The molecule has 0 aliphatic heterocycles. The Bertz CT molecular complexity index is 386. The maximum atomic E-state index is 11.6. The molecule has 0 aliphatic carbocycles. The van der Waals surface area contributed by atoms with Gasteiger partial charge in [-0.1, -0.05) is 29.3 Å². The second kappa shape index (κ2) is 5.57. The fourth-order valence-corrected chi connectivity index (χ4v) is 2.45. The first-order chi connectivity index (χ1) is 7.07. The molecule has 1 unspecified atom stereocenters. The standard InChI is InChI=1S/C9H8Cl2O3P/c1-2-14-15(13)9(12)8-6(10)4-3-5-7(8)11/h3-5H,2H2,1H3/q+1. The van der Waals surface area contributed by atoms with Crippen molar-refractivity contribution in [3.63, 3.8) is 0 Å². The van der Waals surface area contributed by atoms with E-state index in [9.17, 15) is 9.36 Å². The molecular formula is C9H8Cl2O3P+. The second-order valence-electron chi connectivity index (χ2n) is 2.58. The summed E-state index contributed by atoms with van der Waals surface area (Å²) in [5.41, 5.74) is -0.627. The van der Waals surface area contributed by atoms with E-state index < -0.39 is 13.6 Å². The Labute approximate surface area is 98.2 Å². The van der Waals surface area contributed by atoms with Crippen LogP contribution in [0, 0.1) is 0 Å². The van der Waals surface area contributed by atoms with Gasteiger partial charge in [0.15, 0.2) is 0 Å². The summed E-state index contributed by atoms with van der Waals surface area (Å²) >= 11 is 11.6. The normalized spacial score (nSPS) is 11.3. The summed E-state index contributed by atoms with van der Waals surface area (Å²) in [6.07, 6.45) is 0. The van der Waals surface area contributed by atoms with Crippen LogP contribution in [-0.2, 0) is 9.09 Å². The molecule has 0 bridgehead atoms. The summed E-state index contributed by atoms with van der Waals surface area (Å²) in [6, 6.07) is 4.63. The van der Waals surface area contributed by atoms with Gasteiger partial charge in [0, 0.05) is 0 Å². The summed E-state index contributed by atoms with van der Waals surface area (Å²) in [5, 5.41) is 0.353. The van der Waals surface area contributed by atoms with Crippen molar-refractivity contribution >= 4 is 36.8 Å². The Kier molecular flexibility index (Phi) is 4.68. The molecule has 0 radical (unpaired) electrons. The third-order valence-corrected chi connectivity index (χ3v) is 3.27. The van der Waals surface area contributed by atoms with E-state index in [2.05, 4.69) is 0 Å². The van der Waals surface area contributed by atoms with Gasteiger partial charge < -0.3 is 0 Å². The van der Waals surface area contributed by atoms with Crippen LogP contribution in [0.25, 0.3) is 0 Å². The van der Waals surface area contributed by atoms with E-state index in [4.69, 9.17) is 27.7 Å². The highest BCUT2D eigenvalue weighted by atomic mass is 35.5. The summed E-state index contributed by atoms with van der Waals surface area (Å²) in [5.74, 6) is 0. The van der Waals surface area contributed by atoms with E-state index >= 15 is 0 Å². The summed E-state index contributed by atoms with van der Waals surface area (Å²) in [6.45, 7) is 1.84. The minimum Gasteiger partial charge on any atom is -0.231 e. The van der Waals surface area contributed by atoms with Crippen molar-refractivity contribution in [3.8, 4) is 0 Å². The quantitative estimate of drug-likeness (QED) is 0.776. The van der Waals surface area contributed by atoms with Crippen LogP contribution in [0.15, 0.2) is 18.2 Å². The first kappa shape index (κ1) is 12.6.